The van der Waals surface area contributed by atoms with E-state index in [2.05, 4.69) is 10.6 Å². The third kappa shape index (κ3) is 6.02. The lowest BCUT2D eigenvalue weighted by Crippen LogP contribution is -2.52. The minimum absolute atomic E-state index is 0.00977. The van der Waals surface area contributed by atoms with E-state index in [9.17, 15) is 9.59 Å². The molecule has 0 aliphatic carbocycles. The number of ether oxygens (including phenoxy) is 1. The van der Waals surface area contributed by atoms with Gasteiger partial charge in [0, 0.05) is 12.7 Å². The van der Waals surface area contributed by atoms with Gasteiger partial charge in [0.1, 0.15) is 6.04 Å². The van der Waals surface area contributed by atoms with Crippen LogP contribution in [0.2, 0.25) is 0 Å². The molecule has 0 spiro atoms. The molecule has 0 aromatic heterocycles. The summed E-state index contributed by atoms with van der Waals surface area (Å²) in [6.45, 7) is 8.23. The summed E-state index contributed by atoms with van der Waals surface area (Å²) in [4.78, 5) is 24.8. The van der Waals surface area contributed by atoms with E-state index in [0.717, 1.165) is 12.0 Å². The summed E-state index contributed by atoms with van der Waals surface area (Å²) in [6.07, 6.45) is 0.774. The highest BCUT2D eigenvalue weighted by molar-refractivity contribution is 5.97. The fourth-order valence-electron chi connectivity index (χ4n) is 2.22. The van der Waals surface area contributed by atoms with Crippen LogP contribution in [0.4, 0.5) is 0 Å². The number of aryl methyl sites for hydroxylation is 1. The van der Waals surface area contributed by atoms with Crippen molar-refractivity contribution in [3.63, 3.8) is 0 Å². The van der Waals surface area contributed by atoms with E-state index >= 15 is 0 Å². The van der Waals surface area contributed by atoms with Gasteiger partial charge in [0.05, 0.1) is 12.6 Å². The Bertz CT molecular complexity index is 512. The predicted molar refractivity (Wildman–Crippen MR) is 91.4 cm³/mol. The van der Waals surface area contributed by atoms with E-state index in [1.54, 1.807) is 19.2 Å². The number of hydrogen-bond donors (Lipinski definition) is 2. The monoisotopic (exact) mass is 320 g/mol. The molecule has 0 fully saturated rings. The summed E-state index contributed by atoms with van der Waals surface area (Å²) < 4.78 is 5.10. The molecule has 2 unspecified atom stereocenters. The van der Waals surface area contributed by atoms with Crippen LogP contribution in [0.3, 0.4) is 0 Å². The van der Waals surface area contributed by atoms with Crippen molar-refractivity contribution in [3.05, 3.63) is 35.4 Å². The minimum Gasteiger partial charge on any atom is -0.383 e. The highest BCUT2D eigenvalue weighted by atomic mass is 16.5. The lowest BCUT2D eigenvalue weighted by atomic mass is 10.0. The van der Waals surface area contributed by atoms with Crippen LogP contribution in [0.15, 0.2) is 24.3 Å². The van der Waals surface area contributed by atoms with Crippen LogP contribution in [-0.4, -0.2) is 37.6 Å². The molecule has 0 bridgehead atoms. The molecule has 23 heavy (non-hydrogen) atoms. The molecule has 5 nitrogen and oxygen atoms in total. The molecule has 2 atom stereocenters. The van der Waals surface area contributed by atoms with E-state index in [1.807, 2.05) is 39.8 Å². The quantitative estimate of drug-likeness (QED) is 0.772. The summed E-state index contributed by atoms with van der Waals surface area (Å²) in [5.74, 6) is -0.424. The molecule has 1 aromatic rings. The van der Waals surface area contributed by atoms with Gasteiger partial charge in [-0.3, -0.25) is 9.59 Å². The van der Waals surface area contributed by atoms with E-state index in [4.69, 9.17) is 4.74 Å². The van der Waals surface area contributed by atoms with Crippen molar-refractivity contribution in [2.45, 2.75) is 46.2 Å². The van der Waals surface area contributed by atoms with Crippen molar-refractivity contribution < 1.29 is 14.3 Å². The van der Waals surface area contributed by atoms with Crippen LogP contribution in [-0.2, 0) is 9.53 Å². The Morgan fingerprint density at radius 1 is 1.13 bits per heavy atom. The predicted octanol–water partition coefficient (Wildman–Crippen LogP) is 2.29. The SMILES string of the molecule is CCC(COC)NC(=O)C(NC(=O)c1ccc(C)cc1)C(C)C. The van der Waals surface area contributed by atoms with Gasteiger partial charge < -0.3 is 15.4 Å². The zero-order valence-corrected chi connectivity index (χ0v) is 14.7. The van der Waals surface area contributed by atoms with E-state index in [0.29, 0.717) is 12.2 Å². The normalized spacial score (nSPS) is 13.5. The summed E-state index contributed by atoms with van der Waals surface area (Å²) in [5.41, 5.74) is 1.64. The smallest absolute Gasteiger partial charge is 0.251 e. The molecule has 0 aliphatic rings. The Hall–Kier alpha value is -1.88. The molecule has 5 heteroatoms. The van der Waals surface area contributed by atoms with Crippen LogP contribution < -0.4 is 10.6 Å². The second-order valence-corrected chi connectivity index (χ2v) is 6.13. The molecule has 2 amide bonds. The highest BCUT2D eigenvalue weighted by Gasteiger charge is 2.26. The Morgan fingerprint density at radius 3 is 2.22 bits per heavy atom. The first-order chi connectivity index (χ1) is 10.9. The van der Waals surface area contributed by atoms with Crippen LogP contribution >= 0.6 is 0 Å². The van der Waals surface area contributed by atoms with Crippen LogP contribution in [0.1, 0.15) is 43.1 Å². The number of hydrogen-bond acceptors (Lipinski definition) is 3. The third-order valence-electron chi connectivity index (χ3n) is 3.76. The van der Waals surface area contributed by atoms with Crippen molar-refractivity contribution in [1.82, 2.24) is 10.6 Å². The van der Waals surface area contributed by atoms with Gasteiger partial charge in [-0.05, 0) is 31.4 Å². The van der Waals surface area contributed by atoms with Crippen molar-refractivity contribution in [2.75, 3.05) is 13.7 Å². The van der Waals surface area contributed by atoms with Gasteiger partial charge in [0.15, 0.2) is 0 Å². The molecule has 2 N–H and O–H groups in total. The number of nitrogens with one attached hydrogen (secondary N) is 2. The van der Waals surface area contributed by atoms with Gasteiger partial charge in [0.25, 0.3) is 5.91 Å². The number of carbonyl (C=O) groups excluding carboxylic acids is 2. The molecular formula is C18H28N2O3. The van der Waals surface area contributed by atoms with Gasteiger partial charge in [0.2, 0.25) is 5.91 Å². The first-order valence-electron chi connectivity index (χ1n) is 8.05. The number of methoxy groups -OCH3 is 1. The summed E-state index contributed by atoms with van der Waals surface area (Å²) in [5, 5.41) is 5.77. The molecule has 0 radical (unpaired) electrons. The topological polar surface area (TPSA) is 67.4 Å². The molecule has 1 rings (SSSR count). The molecule has 128 valence electrons. The van der Waals surface area contributed by atoms with Gasteiger partial charge in [-0.25, -0.2) is 0 Å². The van der Waals surface area contributed by atoms with E-state index in [-0.39, 0.29) is 23.8 Å². The molecule has 0 saturated heterocycles. The fourth-order valence-corrected chi connectivity index (χ4v) is 2.22. The molecule has 0 aliphatic heterocycles. The Balaban J connectivity index is 2.75. The number of carbonyl (C=O) groups is 2. The summed E-state index contributed by atoms with van der Waals surface area (Å²) in [7, 11) is 1.61. The van der Waals surface area contributed by atoms with Crippen molar-refractivity contribution in [2.24, 2.45) is 5.92 Å². The van der Waals surface area contributed by atoms with Crippen molar-refractivity contribution >= 4 is 11.8 Å². The Kier molecular flexibility index (Phi) is 7.75. The van der Waals surface area contributed by atoms with Gasteiger partial charge >= 0.3 is 0 Å². The first kappa shape index (κ1) is 19.2. The average molecular weight is 320 g/mol. The Morgan fingerprint density at radius 2 is 1.74 bits per heavy atom. The van der Waals surface area contributed by atoms with Crippen molar-refractivity contribution in [3.8, 4) is 0 Å². The number of rotatable bonds is 8. The first-order valence-corrected chi connectivity index (χ1v) is 8.05. The van der Waals surface area contributed by atoms with E-state index < -0.39 is 6.04 Å². The van der Waals surface area contributed by atoms with Crippen LogP contribution in [0.5, 0.6) is 0 Å². The lowest BCUT2D eigenvalue weighted by Gasteiger charge is -2.25. The molecular weight excluding hydrogens is 292 g/mol. The van der Waals surface area contributed by atoms with Crippen LogP contribution in [0, 0.1) is 12.8 Å². The molecule has 0 heterocycles. The number of amides is 2. The molecule has 0 saturated carbocycles. The maximum atomic E-state index is 12.5. The van der Waals surface area contributed by atoms with Gasteiger partial charge in [-0.1, -0.05) is 38.5 Å². The fraction of sp³-hybridized carbons (Fsp3) is 0.556. The minimum atomic E-state index is -0.574. The number of benzene rings is 1. The summed E-state index contributed by atoms with van der Waals surface area (Å²) in [6, 6.07) is 6.66. The second-order valence-electron chi connectivity index (χ2n) is 6.13. The largest absolute Gasteiger partial charge is 0.383 e. The average Bonchev–Trinajstić information content (AvgIpc) is 2.52. The van der Waals surface area contributed by atoms with Gasteiger partial charge in [-0.2, -0.15) is 0 Å². The standard InChI is InChI=1S/C18H28N2O3/c1-6-15(11-23-5)19-18(22)16(12(2)3)20-17(21)14-9-7-13(4)8-10-14/h7-10,12,15-16H,6,11H2,1-5H3,(H,19,22)(H,20,21). The van der Waals surface area contributed by atoms with Crippen LogP contribution in [0.25, 0.3) is 0 Å². The maximum Gasteiger partial charge on any atom is 0.251 e. The maximum absolute atomic E-state index is 12.5. The van der Waals surface area contributed by atoms with Crippen molar-refractivity contribution in [1.29, 1.82) is 0 Å². The lowest BCUT2D eigenvalue weighted by molar-refractivity contribution is -0.125. The van der Waals surface area contributed by atoms with Gasteiger partial charge in [-0.15, -0.1) is 0 Å². The highest BCUT2D eigenvalue weighted by Crippen LogP contribution is 2.07. The summed E-state index contributed by atoms with van der Waals surface area (Å²) >= 11 is 0. The molecule has 1 aromatic carbocycles. The second kappa shape index (κ2) is 9.30. The zero-order chi connectivity index (χ0) is 17.4. The zero-order valence-electron chi connectivity index (χ0n) is 14.7. The Labute approximate surface area is 138 Å². The third-order valence-corrected chi connectivity index (χ3v) is 3.76. The van der Waals surface area contributed by atoms with E-state index in [1.165, 1.54) is 0 Å².